The van der Waals surface area contributed by atoms with Crippen molar-refractivity contribution in [3.8, 4) is 0 Å². The molecule has 114 valence electrons. The number of nitrogens with one attached hydrogen (secondary N) is 1. The Morgan fingerprint density at radius 3 is 2.43 bits per heavy atom. The molecule has 6 heteroatoms. The Balaban J connectivity index is 2.56. The molecule has 0 aromatic heterocycles. The first-order valence-electron chi connectivity index (χ1n) is 6.52. The highest BCUT2D eigenvalue weighted by Crippen LogP contribution is 2.17. The summed E-state index contributed by atoms with van der Waals surface area (Å²) < 4.78 is 5.17. The second-order valence-electron chi connectivity index (χ2n) is 4.45. The number of rotatable bonds is 7. The standard InChI is InChI=1S/C15H21N3O3/c1-4-10(2)14(11(3)9-16)20-15(19)21-18-13-7-5-12(17)6-8-13/h5-8,14,18H,2-4,9,16-17H2,1H3. The van der Waals surface area contributed by atoms with Crippen molar-refractivity contribution in [3.05, 3.63) is 48.6 Å². The maximum atomic E-state index is 11.7. The molecular weight excluding hydrogens is 270 g/mol. The van der Waals surface area contributed by atoms with Gasteiger partial charge in [0.1, 0.15) is 6.10 Å². The summed E-state index contributed by atoms with van der Waals surface area (Å²) in [4.78, 5) is 16.5. The molecule has 0 aliphatic heterocycles. The summed E-state index contributed by atoms with van der Waals surface area (Å²) in [6.07, 6.45) is -0.899. The zero-order chi connectivity index (χ0) is 15.8. The smallest absolute Gasteiger partial charge is 0.420 e. The van der Waals surface area contributed by atoms with Crippen LogP contribution in [0, 0.1) is 0 Å². The minimum absolute atomic E-state index is 0.197. The molecule has 1 aromatic carbocycles. The van der Waals surface area contributed by atoms with Gasteiger partial charge in [-0.3, -0.25) is 0 Å². The van der Waals surface area contributed by atoms with Crippen molar-refractivity contribution < 1.29 is 14.4 Å². The molecule has 0 heterocycles. The number of carbonyl (C=O) groups excluding carboxylic acids is 1. The molecule has 0 fully saturated rings. The van der Waals surface area contributed by atoms with Crippen molar-refractivity contribution in [2.45, 2.75) is 19.4 Å². The topological polar surface area (TPSA) is 99.6 Å². The van der Waals surface area contributed by atoms with Gasteiger partial charge >= 0.3 is 6.16 Å². The lowest BCUT2D eigenvalue weighted by atomic mass is 10.0. The predicted octanol–water partition coefficient (Wildman–Crippen LogP) is 2.60. The van der Waals surface area contributed by atoms with E-state index in [0.717, 1.165) is 0 Å². The number of nitrogen functional groups attached to an aromatic ring is 1. The van der Waals surface area contributed by atoms with Crippen LogP contribution in [0.1, 0.15) is 13.3 Å². The first-order chi connectivity index (χ1) is 9.97. The molecule has 0 saturated heterocycles. The van der Waals surface area contributed by atoms with E-state index < -0.39 is 12.3 Å². The summed E-state index contributed by atoms with van der Waals surface area (Å²) >= 11 is 0. The molecule has 0 amide bonds. The van der Waals surface area contributed by atoms with Gasteiger partial charge in [0.15, 0.2) is 0 Å². The molecule has 21 heavy (non-hydrogen) atoms. The van der Waals surface area contributed by atoms with E-state index in [2.05, 4.69) is 18.6 Å². The van der Waals surface area contributed by atoms with E-state index in [-0.39, 0.29) is 6.54 Å². The Kier molecular flexibility index (Phi) is 6.29. The quantitative estimate of drug-likeness (QED) is 0.309. The summed E-state index contributed by atoms with van der Waals surface area (Å²) in [7, 11) is 0. The molecule has 0 bridgehead atoms. The SMILES string of the molecule is C=C(CC)C(OC(=O)ONc1ccc(N)cc1)C(=C)CN. The van der Waals surface area contributed by atoms with Crippen LogP contribution in [-0.2, 0) is 9.57 Å². The molecule has 1 rings (SSSR count). The van der Waals surface area contributed by atoms with Gasteiger partial charge in [0, 0.05) is 12.2 Å². The molecule has 6 nitrogen and oxygen atoms in total. The molecule has 0 radical (unpaired) electrons. The van der Waals surface area contributed by atoms with Crippen LogP contribution in [0.15, 0.2) is 48.6 Å². The normalized spacial score (nSPS) is 11.3. The third-order valence-electron chi connectivity index (χ3n) is 2.83. The maximum Gasteiger partial charge on any atom is 0.534 e. The number of nitrogens with two attached hydrogens (primary N) is 2. The molecule has 0 aliphatic carbocycles. The second-order valence-corrected chi connectivity index (χ2v) is 4.45. The van der Waals surface area contributed by atoms with Gasteiger partial charge in [0.05, 0.1) is 5.69 Å². The predicted molar refractivity (Wildman–Crippen MR) is 83.5 cm³/mol. The van der Waals surface area contributed by atoms with Gasteiger partial charge in [-0.1, -0.05) is 20.1 Å². The third kappa shape index (κ3) is 5.19. The fourth-order valence-corrected chi connectivity index (χ4v) is 1.52. The second kappa shape index (κ2) is 7.96. The lowest BCUT2D eigenvalue weighted by Crippen LogP contribution is -2.27. The zero-order valence-electron chi connectivity index (χ0n) is 12.1. The first kappa shape index (κ1) is 16.6. The van der Waals surface area contributed by atoms with Crippen molar-refractivity contribution in [1.82, 2.24) is 0 Å². The lowest BCUT2D eigenvalue weighted by molar-refractivity contribution is 0.0576. The van der Waals surface area contributed by atoms with E-state index in [1.807, 2.05) is 6.92 Å². The first-order valence-corrected chi connectivity index (χ1v) is 6.52. The van der Waals surface area contributed by atoms with E-state index in [1.54, 1.807) is 24.3 Å². The average Bonchev–Trinajstić information content (AvgIpc) is 2.50. The zero-order valence-corrected chi connectivity index (χ0v) is 12.1. The molecule has 0 spiro atoms. The van der Waals surface area contributed by atoms with Crippen molar-refractivity contribution >= 4 is 17.5 Å². The van der Waals surface area contributed by atoms with Crippen molar-refractivity contribution in [2.24, 2.45) is 5.73 Å². The molecule has 1 unspecified atom stereocenters. The van der Waals surface area contributed by atoms with E-state index >= 15 is 0 Å². The summed E-state index contributed by atoms with van der Waals surface area (Å²) in [5, 5.41) is 0. The van der Waals surface area contributed by atoms with Crippen LogP contribution in [0.25, 0.3) is 0 Å². The van der Waals surface area contributed by atoms with Gasteiger partial charge in [-0.25, -0.2) is 10.3 Å². The van der Waals surface area contributed by atoms with Gasteiger partial charge in [-0.05, 0) is 41.8 Å². The van der Waals surface area contributed by atoms with E-state index in [4.69, 9.17) is 21.0 Å². The minimum atomic E-state index is -0.888. The van der Waals surface area contributed by atoms with E-state index in [9.17, 15) is 4.79 Å². The van der Waals surface area contributed by atoms with Gasteiger partial charge in [-0.2, -0.15) is 0 Å². The van der Waals surface area contributed by atoms with Crippen molar-refractivity contribution in [3.63, 3.8) is 0 Å². The molecule has 0 saturated carbocycles. The van der Waals surface area contributed by atoms with Crippen molar-refractivity contribution in [2.75, 3.05) is 17.8 Å². The Morgan fingerprint density at radius 2 is 1.90 bits per heavy atom. The highest BCUT2D eigenvalue weighted by atomic mass is 16.8. The highest BCUT2D eigenvalue weighted by molar-refractivity contribution is 5.63. The van der Waals surface area contributed by atoms with Crippen LogP contribution in [0.3, 0.4) is 0 Å². The van der Waals surface area contributed by atoms with Gasteiger partial charge < -0.3 is 21.0 Å². The Labute approximate surface area is 124 Å². The third-order valence-corrected chi connectivity index (χ3v) is 2.83. The fourth-order valence-electron chi connectivity index (χ4n) is 1.52. The van der Waals surface area contributed by atoms with E-state index in [1.165, 1.54) is 0 Å². The number of anilines is 2. The van der Waals surface area contributed by atoms with Gasteiger partial charge in [0.25, 0.3) is 0 Å². The van der Waals surface area contributed by atoms with Gasteiger partial charge in [0.2, 0.25) is 0 Å². The summed E-state index contributed by atoms with van der Waals surface area (Å²) in [6.45, 7) is 9.71. The average molecular weight is 291 g/mol. The van der Waals surface area contributed by atoms with Crippen LogP contribution < -0.4 is 16.9 Å². The molecule has 5 N–H and O–H groups in total. The Hall–Kier alpha value is -2.47. The summed E-state index contributed by atoms with van der Waals surface area (Å²) in [5.74, 6) is 0. The van der Waals surface area contributed by atoms with Crippen molar-refractivity contribution in [1.29, 1.82) is 0 Å². The molecular formula is C15H21N3O3. The molecule has 1 aromatic rings. The summed E-state index contributed by atoms with van der Waals surface area (Å²) in [5.41, 5.74) is 16.0. The molecule has 1 atom stereocenters. The Bertz CT molecular complexity index is 495. The monoisotopic (exact) mass is 291 g/mol. The molecule has 0 aliphatic rings. The van der Waals surface area contributed by atoms with Crippen LogP contribution in [-0.4, -0.2) is 18.8 Å². The highest BCUT2D eigenvalue weighted by Gasteiger charge is 2.20. The fraction of sp³-hybridized carbons (Fsp3) is 0.267. The van der Waals surface area contributed by atoms with Crippen LogP contribution >= 0.6 is 0 Å². The minimum Gasteiger partial charge on any atom is -0.420 e. The number of carbonyl (C=O) groups is 1. The number of benzene rings is 1. The number of hydrogen-bond donors (Lipinski definition) is 3. The van der Waals surface area contributed by atoms with E-state index in [0.29, 0.717) is 28.9 Å². The Morgan fingerprint density at radius 1 is 1.29 bits per heavy atom. The lowest BCUT2D eigenvalue weighted by Gasteiger charge is -2.20. The largest absolute Gasteiger partial charge is 0.534 e. The maximum absolute atomic E-state index is 11.7. The van der Waals surface area contributed by atoms with Crippen LogP contribution in [0.2, 0.25) is 0 Å². The summed E-state index contributed by atoms with van der Waals surface area (Å²) in [6, 6.07) is 6.69. The van der Waals surface area contributed by atoms with Gasteiger partial charge in [-0.15, -0.1) is 0 Å². The number of ether oxygens (including phenoxy) is 1. The number of hydrogen-bond acceptors (Lipinski definition) is 6. The van der Waals surface area contributed by atoms with Crippen LogP contribution in [0.4, 0.5) is 16.2 Å². The van der Waals surface area contributed by atoms with Crippen LogP contribution in [0.5, 0.6) is 0 Å².